The van der Waals surface area contributed by atoms with Crippen LogP contribution in [0.15, 0.2) is 53.3 Å². The van der Waals surface area contributed by atoms with Gasteiger partial charge in [-0.3, -0.25) is 4.79 Å². The molecule has 8 heteroatoms. The number of nitrogens with one attached hydrogen (secondary N) is 2. The van der Waals surface area contributed by atoms with Gasteiger partial charge in [0.05, 0.1) is 39.5 Å². The molecule has 0 atom stereocenters. The van der Waals surface area contributed by atoms with E-state index in [0.717, 1.165) is 11.4 Å². The van der Waals surface area contributed by atoms with Gasteiger partial charge < -0.3 is 29.3 Å². The molecule has 0 saturated carbocycles. The van der Waals surface area contributed by atoms with E-state index in [1.54, 1.807) is 63.9 Å². The van der Waals surface area contributed by atoms with Crippen LogP contribution in [0, 0.1) is 0 Å². The minimum atomic E-state index is -0.363. The molecule has 0 aliphatic rings. The van der Waals surface area contributed by atoms with Gasteiger partial charge in [-0.05, 0) is 24.3 Å². The Morgan fingerprint density at radius 1 is 1.00 bits per heavy atom. The largest absolute Gasteiger partial charge is 0.493 e. The highest BCUT2D eigenvalue weighted by atomic mass is 16.5. The first-order chi connectivity index (χ1) is 13.1. The summed E-state index contributed by atoms with van der Waals surface area (Å²) in [5.41, 5.74) is 1.46. The van der Waals surface area contributed by atoms with Crippen molar-refractivity contribution in [2.45, 2.75) is 0 Å². The lowest BCUT2D eigenvalue weighted by atomic mass is 10.2. The second kappa shape index (κ2) is 8.13. The number of methoxy groups -OCH3 is 3. The Labute approximate surface area is 156 Å². The van der Waals surface area contributed by atoms with Crippen molar-refractivity contribution in [1.82, 2.24) is 4.98 Å². The van der Waals surface area contributed by atoms with Gasteiger partial charge in [-0.15, -0.1) is 0 Å². The highest BCUT2D eigenvalue weighted by Crippen LogP contribution is 2.40. The Morgan fingerprint density at radius 3 is 2.26 bits per heavy atom. The number of ether oxygens (including phenoxy) is 3. The topological polar surface area (TPSA) is 94.9 Å². The Bertz CT molecular complexity index is 883. The molecule has 0 radical (unpaired) electrons. The molecular formula is C19H19N3O5. The molecular weight excluding hydrogens is 350 g/mol. The van der Waals surface area contributed by atoms with Gasteiger partial charge in [0.15, 0.2) is 17.3 Å². The molecule has 0 unspecified atom stereocenters. The average Bonchev–Trinajstić information content (AvgIpc) is 3.23. The number of benzene rings is 1. The Morgan fingerprint density at radius 2 is 1.74 bits per heavy atom. The fourth-order valence-electron chi connectivity index (χ4n) is 2.45. The summed E-state index contributed by atoms with van der Waals surface area (Å²) >= 11 is 0. The van der Waals surface area contributed by atoms with Crippen LogP contribution >= 0.6 is 0 Å². The van der Waals surface area contributed by atoms with E-state index < -0.39 is 0 Å². The normalized spacial score (nSPS) is 10.2. The average molecular weight is 369 g/mol. The number of amides is 1. The Kier molecular flexibility index (Phi) is 5.46. The summed E-state index contributed by atoms with van der Waals surface area (Å²) in [6.45, 7) is 0. The molecule has 3 aromatic rings. The van der Waals surface area contributed by atoms with E-state index in [4.69, 9.17) is 18.6 Å². The van der Waals surface area contributed by atoms with E-state index in [1.165, 1.54) is 6.26 Å². The van der Waals surface area contributed by atoms with Crippen LogP contribution in [-0.4, -0.2) is 32.2 Å². The molecule has 0 saturated heterocycles. The van der Waals surface area contributed by atoms with E-state index in [1.807, 2.05) is 0 Å². The summed E-state index contributed by atoms with van der Waals surface area (Å²) in [5, 5.41) is 5.86. The number of carbonyl (C=O) groups excluding carboxylic acids is 1. The summed E-state index contributed by atoms with van der Waals surface area (Å²) in [4.78, 5) is 16.2. The summed E-state index contributed by atoms with van der Waals surface area (Å²) in [6.07, 6.45) is 3.04. The van der Waals surface area contributed by atoms with E-state index in [2.05, 4.69) is 15.6 Å². The zero-order chi connectivity index (χ0) is 19.2. The highest BCUT2D eigenvalue weighted by molar-refractivity contribution is 6.01. The van der Waals surface area contributed by atoms with Crippen LogP contribution in [0.2, 0.25) is 0 Å². The first-order valence-corrected chi connectivity index (χ1v) is 8.02. The molecule has 27 heavy (non-hydrogen) atoms. The van der Waals surface area contributed by atoms with Crippen LogP contribution < -0.4 is 24.8 Å². The summed E-state index contributed by atoms with van der Waals surface area (Å²) in [7, 11) is 4.66. The van der Waals surface area contributed by atoms with Crippen molar-refractivity contribution in [3.8, 4) is 17.2 Å². The van der Waals surface area contributed by atoms with Crippen molar-refractivity contribution in [3.63, 3.8) is 0 Å². The van der Waals surface area contributed by atoms with Crippen LogP contribution in [0.5, 0.6) is 17.2 Å². The minimum absolute atomic E-state index is 0.219. The fourth-order valence-corrected chi connectivity index (χ4v) is 2.45. The van der Waals surface area contributed by atoms with E-state index in [9.17, 15) is 4.79 Å². The Balaban J connectivity index is 1.74. The zero-order valence-corrected chi connectivity index (χ0v) is 15.1. The van der Waals surface area contributed by atoms with Crippen LogP contribution in [0.1, 0.15) is 10.6 Å². The van der Waals surface area contributed by atoms with Gasteiger partial charge in [-0.2, -0.15) is 0 Å². The molecule has 2 heterocycles. The maximum absolute atomic E-state index is 12.0. The SMILES string of the molecule is COc1cc(Nc2ccc(NC(=O)c3ccco3)nc2)cc(OC)c1OC. The van der Waals surface area contributed by atoms with Gasteiger partial charge in [0.1, 0.15) is 5.82 Å². The third-order valence-corrected chi connectivity index (χ3v) is 3.70. The molecule has 0 bridgehead atoms. The number of anilines is 3. The molecule has 0 aliphatic carbocycles. The van der Waals surface area contributed by atoms with Crippen LogP contribution in [-0.2, 0) is 0 Å². The van der Waals surface area contributed by atoms with Crippen molar-refractivity contribution in [2.75, 3.05) is 32.0 Å². The maximum Gasteiger partial charge on any atom is 0.292 e. The summed E-state index contributed by atoms with van der Waals surface area (Å²) in [6, 6.07) is 10.3. The number of rotatable bonds is 7. The predicted octanol–water partition coefficient (Wildman–Crippen LogP) is 3.70. The number of aromatic nitrogens is 1. The third-order valence-electron chi connectivity index (χ3n) is 3.70. The molecule has 1 amide bonds. The molecule has 0 aliphatic heterocycles. The quantitative estimate of drug-likeness (QED) is 0.656. The Hall–Kier alpha value is -3.68. The number of hydrogen-bond acceptors (Lipinski definition) is 7. The molecule has 0 spiro atoms. The first-order valence-electron chi connectivity index (χ1n) is 8.02. The fraction of sp³-hybridized carbons (Fsp3) is 0.158. The van der Waals surface area contributed by atoms with Gasteiger partial charge in [0.2, 0.25) is 5.75 Å². The van der Waals surface area contributed by atoms with Crippen LogP contribution in [0.25, 0.3) is 0 Å². The third kappa shape index (κ3) is 4.12. The van der Waals surface area contributed by atoms with Crippen molar-refractivity contribution in [3.05, 3.63) is 54.6 Å². The molecule has 1 aromatic carbocycles. The molecule has 2 N–H and O–H groups in total. The maximum atomic E-state index is 12.0. The molecule has 140 valence electrons. The number of nitrogens with zero attached hydrogens (tertiary/aromatic N) is 1. The lowest BCUT2D eigenvalue weighted by Crippen LogP contribution is -2.11. The van der Waals surface area contributed by atoms with E-state index >= 15 is 0 Å². The monoisotopic (exact) mass is 369 g/mol. The van der Waals surface area contributed by atoms with Gasteiger partial charge in [-0.25, -0.2) is 4.98 Å². The lowest BCUT2D eigenvalue weighted by Gasteiger charge is -2.15. The second-order valence-electron chi connectivity index (χ2n) is 5.40. The van der Waals surface area contributed by atoms with Gasteiger partial charge in [0.25, 0.3) is 5.91 Å². The lowest BCUT2D eigenvalue weighted by molar-refractivity contribution is 0.0996. The molecule has 3 rings (SSSR count). The van der Waals surface area contributed by atoms with Gasteiger partial charge in [0, 0.05) is 17.8 Å². The molecule has 8 nitrogen and oxygen atoms in total. The number of carbonyl (C=O) groups is 1. The van der Waals surface area contributed by atoms with Crippen LogP contribution in [0.3, 0.4) is 0 Å². The van der Waals surface area contributed by atoms with E-state index in [-0.39, 0.29) is 11.7 Å². The number of hydrogen-bond donors (Lipinski definition) is 2. The van der Waals surface area contributed by atoms with E-state index in [0.29, 0.717) is 23.1 Å². The summed E-state index contributed by atoms with van der Waals surface area (Å²) < 4.78 is 21.0. The number of furan rings is 1. The van der Waals surface area contributed by atoms with Crippen molar-refractivity contribution < 1.29 is 23.4 Å². The standard InChI is InChI=1S/C19H19N3O5/c1-24-15-9-13(10-16(25-2)18(15)26-3)21-12-6-7-17(20-11-12)22-19(23)14-5-4-8-27-14/h4-11,21H,1-3H3,(H,20,22,23). The van der Waals surface area contributed by atoms with Crippen LogP contribution in [0.4, 0.5) is 17.2 Å². The van der Waals surface area contributed by atoms with Gasteiger partial charge >= 0.3 is 0 Å². The highest BCUT2D eigenvalue weighted by Gasteiger charge is 2.13. The van der Waals surface area contributed by atoms with Crippen molar-refractivity contribution in [1.29, 1.82) is 0 Å². The molecule has 2 aromatic heterocycles. The predicted molar refractivity (Wildman–Crippen MR) is 100 cm³/mol. The first kappa shape index (κ1) is 18.1. The summed E-state index contributed by atoms with van der Waals surface area (Å²) in [5.74, 6) is 1.85. The minimum Gasteiger partial charge on any atom is -0.493 e. The van der Waals surface area contributed by atoms with Crippen molar-refractivity contribution >= 4 is 23.1 Å². The van der Waals surface area contributed by atoms with Crippen molar-refractivity contribution in [2.24, 2.45) is 0 Å². The van der Waals surface area contributed by atoms with Gasteiger partial charge in [-0.1, -0.05) is 0 Å². The zero-order valence-electron chi connectivity index (χ0n) is 15.1. The second-order valence-corrected chi connectivity index (χ2v) is 5.40. The smallest absolute Gasteiger partial charge is 0.292 e. The number of pyridine rings is 1. The molecule has 0 fully saturated rings.